The first-order chi connectivity index (χ1) is 16.3. The van der Waals surface area contributed by atoms with Gasteiger partial charge in [-0.3, -0.25) is 14.2 Å². The Balaban J connectivity index is 1.65. The van der Waals surface area contributed by atoms with Crippen LogP contribution in [0.2, 0.25) is 0 Å². The quantitative estimate of drug-likeness (QED) is 0.129. The van der Waals surface area contributed by atoms with Crippen LogP contribution >= 0.6 is 23.1 Å². The van der Waals surface area contributed by atoms with E-state index in [1.165, 1.54) is 23.1 Å². The molecule has 0 saturated carbocycles. The van der Waals surface area contributed by atoms with Gasteiger partial charge in [-0.25, -0.2) is 4.98 Å². The second-order valence-corrected chi connectivity index (χ2v) is 9.78. The summed E-state index contributed by atoms with van der Waals surface area (Å²) in [4.78, 5) is 31.9. The van der Waals surface area contributed by atoms with Crippen LogP contribution < -0.4 is 5.56 Å². The van der Waals surface area contributed by atoms with Crippen molar-refractivity contribution in [1.82, 2.24) is 14.1 Å². The van der Waals surface area contributed by atoms with Gasteiger partial charge >= 0.3 is 0 Å². The van der Waals surface area contributed by atoms with E-state index in [2.05, 4.69) is 11.1 Å². The van der Waals surface area contributed by atoms with E-state index in [1.807, 2.05) is 44.4 Å². The van der Waals surface area contributed by atoms with E-state index in [0.29, 0.717) is 46.4 Å². The summed E-state index contributed by atoms with van der Waals surface area (Å²) in [7, 11) is 1.66. The van der Waals surface area contributed by atoms with Gasteiger partial charge < -0.3 is 13.7 Å². The first-order valence-electron chi connectivity index (χ1n) is 10.9. The highest BCUT2D eigenvalue weighted by molar-refractivity contribution is 7.99. The Kier molecular flexibility index (Phi) is 7.25. The lowest BCUT2D eigenvalue weighted by molar-refractivity contribution is 0.102. The van der Waals surface area contributed by atoms with Gasteiger partial charge in [-0.2, -0.15) is 0 Å². The molecule has 7 nitrogen and oxygen atoms in total. The van der Waals surface area contributed by atoms with Gasteiger partial charge in [-0.1, -0.05) is 17.8 Å². The Labute approximate surface area is 206 Å². The number of methoxy groups -OCH3 is 1. The van der Waals surface area contributed by atoms with Gasteiger partial charge in [0.1, 0.15) is 16.4 Å². The molecule has 0 spiro atoms. The summed E-state index contributed by atoms with van der Waals surface area (Å²) in [6, 6.07) is 5.65. The smallest absolute Gasteiger partial charge is 0.263 e. The van der Waals surface area contributed by atoms with Crippen molar-refractivity contribution in [2.24, 2.45) is 0 Å². The van der Waals surface area contributed by atoms with Gasteiger partial charge in [-0.05, 0) is 39.0 Å². The number of aryl methyl sites for hydroxylation is 2. The Morgan fingerprint density at radius 3 is 2.76 bits per heavy atom. The lowest BCUT2D eigenvalue weighted by atomic mass is 10.2. The number of allylic oxidation sites excluding steroid dienone is 1. The number of thiophene rings is 1. The standard InChI is InChI=1S/C25H27N3O4S2/c1-6-9-28-24(30)22-19(21-8-7-16(3)32-21)13-33-23(22)26-25(28)34-14-20(29)18-12-15(2)27(17(18)4)10-11-31-5/h6-8,12-13H,1,9-11,14H2,2-5H3. The fourth-order valence-corrected chi connectivity index (χ4v) is 5.84. The van der Waals surface area contributed by atoms with Crippen molar-refractivity contribution in [1.29, 1.82) is 0 Å². The van der Waals surface area contributed by atoms with E-state index < -0.39 is 0 Å². The lowest BCUT2D eigenvalue weighted by Crippen LogP contribution is -2.23. The lowest BCUT2D eigenvalue weighted by Gasteiger charge is -2.11. The molecule has 4 heterocycles. The highest BCUT2D eigenvalue weighted by Crippen LogP contribution is 2.33. The molecular formula is C25H27N3O4S2. The van der Waals surface area contributed by atoms with Crippen molar-refractivity contribution in [2.75, 3.05) is 19.5 Å². The monoisotopic (exact) mass is 497 g/mol. The van der Waals surface area contributed by atoms with E-state index in [-0.39, 0.29) is 17.1 Å². The molecule has 0 radical (unpaired) electrons. The molecule has 9 heteroatoms. The van der Waals surface area contributed by atoms with Crippen LogP contribution in [0.1, 0.15) is 27.5 Å². The zero-order valence-corrected chi connectivity index (χ0v) is 21.3. The van der Waals surface area contributed by atoms with E-state index in [4.69, 9.17) is 14.1 Å². The summed E-state index contributed by atoms with van der Waals surface area (Å²) in [5.74, 6) is 1.60. The molecule has 4 rings (SSSR count). The fourth-order valence-electron chi connectivity index (χ4n) is 3.98. The number of ether oxygens (including phenoxy) is 1. The van der Waals surface area contributed by atoms with Crippen LogP contribution in [0.3, 0.4) is 0 Å². The van der Waals surface area contributed by atoms with Crippen molar-refractivity contribution in [3.8, 4) is 11.3 Å². The molecule has 0 unspecified atom stereocenters. The van der Waals surface area contributed by atoms with Gasteiger partial charge in [0.15, 0.2) is 10.9 Å². The van der Waals surface area contributed by atoms with Crippen LogP contribution in [0.4, 0.5) is 0 Å². The number of hydrogen-bond acceptors (Lipinski definition) is 7. The largest absolute Gasteiger partial charge is 0.461 e. The maximum atomic E-state index is 13.4. The van der Waals surface area contributed by atoms with Crippen molar-refractivity contribution >= 4 is 39.1 Å². The molecule has 0 aliphatic carbocycles. The van der Waals surface area contributed by atoms with E-state index in [1.54, 1.807) is 17.8 Å². The minimum atomic E-state index is -0.164. The summed E-state index contributed by atoms with van der Waals surface area (Å²) in [6.45, 7) is 11.2. The normalized spacial score (nSPS) is 11.4. The fraction of sp³-hybridized carbons (Fsp3) is 0.320. The molecule has 0 atom stereocenters. The first kappa shape index (κ1) is 24.3. The minimum Gasteiger partial charge on any atom is -0.461 e. The third-order valence-corrected chi connectivity index (χ3v) is 7.55. The zero-order valence-electron chi connectivity index (χ0n) is 19.7. The van der Waals surface area contributed by atoms with E-state index in [9.17, 15) is 9.59 Å². The molecular weight excluding hydrogens is 470 g/mol. The number of carbonyl (C=O) groups is 1. The average Bonchev–Trinajstić information content (AvgIpc) is 3.50. The summed E-state index contributed by atoms with van der Waals surface area (Å²) >= 11 is 2.67. The number of carbonyl (C=O) groups excluding carboxylic acids is 1. The third kappa shape index (κ3) is 4.55. The number of thioether (sulfide) groups is 1. The van der Waals surface area contributed by atoms with Crippen molar-refractivity contribution in [3.63, 3.8) is 0 Å². The SMILES string of the molecule is C=CCn1c(SCC(=O)c2cc(C)n(CCOC)c2C)nc2scc(-c3ccc(C)o3)c2c1=O. The maximum absolute atomic E-state index is 13.4. The molecule has 0 N–H and O–H groups in total. The molecule has 0 bridgehead atoms. The summed E-state index contributed by atoms with van der Waals surface area (Å²) in [6.07, 6.45) is 1.66. The second-order valence-electron chi connectivity index (χ2n) is 7.98. The maximum Gasteiger partial charge on any atom is 0.263 e. The highest BCUT2D eigenvalue weighted by Gasteiger charge is 2.21. The van der Waals surface area contributed by atoms with E-state index >= 15 is 0 Å². The molecule has 4 aromatic heterocycles. The molecule has 0 fully saturated rings. The summed E-state index contributed by atoms with van der Waals surface area (Å²) in [5, 5.41) is 2.92. The molecule has 0 aliphatic rings. The van der Waals surface area contributed by atoms with Crippen LogP contribution in [0, 0.1) is 20.8 Å². The third-order valence-electron chi connectivity index (χ3n) is 5.70. The predicted molar refractivity (Wildman–Crippen MR) is 137 cm³/mol. The van der Waals surface area contributed by atoms with Crippen LogP contribution in [0.25, 0.3) is 21.5 Å². The topological polar surface area (TPSA) is 79.3 Å². The van der Waals surface area contributed by atoms with Gasteiger partial charge in [0.25, 0.3) is 5.56 Å². The van der Waals surface area contributed by atoms with Gasteiger partial charge in [0, 0.05) is 48.1 Å². The molecule has 0 aliphatic heterocycles. The van der Waals surface area contributed by atoms with Crippen LogP contribution in [-0.2, 0) is 17.8 Å². The molecule has 0 aromatic carbocycles. The number of hydrogen-bond donors (Lipinski definition) is 0. The number of Topliss-reactive ketones (excluding diaryl/α,β-unsaturated/α-hetero) is 1. The van der Waals surface area contributed by atoms with Crippen molar-refractivity contribution in [3.05, 3.63) is 69.3 Å². The zero-order chi connectivity index (χ0) is 24.4. The second kappa shape index (κ2) is 10.2. The summed E-state index contributed by atoms with van der Waals surface area (Å²) < 4.78 is 14.6. The Hall–Kier alpha value is -2.88. The molecule has 178 valence electrons. The molecule has 0 saturated heterocycles. The highest BCUT2D eigenvalue weighted by atomic mass is 32.2. The number of ketones is 1. The number of nitrogens with zero attached hydrogens (tertiary/aromatic N) is 3. The molecule has 34 heavy (non-hydrogen) atoms. The minimum absolute atomic E-state index is 0.000745. The van der Waals surface area contributed by atoms with Crippen LogP contribution in [-0.4, -0.2) is 39.4 Å². The Morgan fingerprint density at radius 1 is 1.29 bits per heavy atom. The number of furan rings is 1. The average molecular weight is 498 g/mol. The number of aromatic nitrogens is 3. The Bertz CT molecular complexity index is 1420. The van der Waals surface area contributed by atoms with Gasteiger partial charge in [-0.15, -0.1) is 17.9 Å². The van der Waals surface area contributed by atoms with Crippen LogP contribution in [0.5, 0.6) is 0 Å². The van der Waals surface area contributed by atoms with Gasteiger partial charge in [0.2, 0.25) is 0 Å². The van der Waals surface area contributed by atoms with Crippen molar-refractivity contribution in [2.45, 2.75) is 39.0 Å². The molecule has 0 amide bonds. The van der Waals surface area contributed by atoms with Crippen molar-refractivity contribution < 1.29 is 13.9 Å². The van der Waals surface area contributed by atoms with Gasteiger partial charge in [0.05, 0.1) is 17.7 Å². The number of rotatable bonds is 10. The number of fused-ring (bicyclic) bond motifs is 1. The predicted octanol–water partition coefficient (Wildman–Crippen LogP) is 5.25. The van der Waals surface area contributed by atoms with Crippen LogP contribution in [0.15, 0.2) is 50.6 Å². The molecule has 4 aromatic rings. The Morgan fingerprint density at radius 2 is 2.09 bits per heavy atom. The van der Waals surface area contributed by atoms with E-state index in [0.717, 1.165) is 22.7 Å². The first-order valence-corrected chi connectivity index (χ1v) is 12.7. The summed E-state index contributed by atoms with van der Waals surface area (Å²) in [5.41, 5.74) is 3.20.